The number of aromatic nitrogens is 2. The molecule has 1 heterocycles. The second-order valence-corrected chi connectivity index (χ2v) is 4.01. The Morgan fingerprint density at radius 1 is 0.889 bits per heavy atom. The van der Waals surface area contributed by atoms with Crippen LogP contribution >= 0.6 is 0 Å². The Bertz CT molecular complexity index is 547. The quantitative estimate of drug-likeness (QED) is 0.832. The summed E-state index contributed by atoms with van der Waals surface area (Å²) in [6.45, 7) is 3.84. The number of rotatable bonds is 3. The molecule has 0 aliphatic carbocycles. The Labute approximate surface area is 107 Å². The number of ether oxygens (including phenoxy) is 2. The largest absolute Gasteiger partial charge is 0.493 e. The highest BCUT2D eigenvalue weighted by atomic mass is 16.5. The molecule has 0 aliphatic heterocycles. The van der Waals surface area contributed by atoms with Crippen LogP contribution < -0.4 is 9.47 Å². The first-order chi connectivity index (χ1) is 8.63. The fourth-order valence-corrected chi connectivity index (χ4v) is 1.86. The minimum atomic E-state index is 0.698. The van der Waals surface area contributed by atoms with Gasteiger partial charge >= 0.3 is 0 Å². The highest BCUT2D eigenvalue weighted by molar-refractivity contribution is 5.64. The summed E-state index contributed by atoms with van der Waals surface area (Å²) < 4.78 is 10.5. The van der Waals surface area contributed by atoms with Gasteiger partial charge in [-0.3, -0.25) is 0 Å². The van der Waals surface area contributed by atoms with E-state index < -0.39 is 0 Å². The highest BCUT2D eigenvalue weighted by Crippen LogP contribution is 2.31. The lowest BCUT2D eigenvalue weighted by atomic mass is 10.1. The molecular weight excluding hydrogens is 228 g/mol. The molecule has 4 nitrogen and oxygen atoms in total. The number of aryl methyl sites for hydroxylation is 2. The van der Waals surface area contributed by atoms with Crippen molar-refractivity contribution in [2.45, 2.75) is 13.8 Å². The molecule has 0 radical (unpaired) electrons. The molecule has 2 rings (SSSR count). The van der Waals surface area contributed by atoms with E-state index in [-0.39, 0.29) is 0 Å². The molecule has 0 saturated carbocycles. The predicted molar refractivity (Wildman–Crippen MR) is 70.0 cm³/mol. The Kier molecular flexibility index (Phi) is 3.46. The maximum atomic E-state index is 5.29. The average Bonchev–Trinajstić information content (AvgIpc) is 2.36. The van der Waals surface area contributed by atoms with Gasteiger partial charge < -0.3 is 9.47 Å². The van der Waals surface area contributed by atoms with Gasteiger partial charge in [0.1, 0.15) is 5.82 Å². The first-order valence-electron chi connectivity index (χ1n) is 5.68. The molecule has 2 aromatic rings. The molecule has 94 valence electrons. The highest BCUT2D eigenvalue weighted by Gasteiger charge is 2.08. The third kappa shape index (κ3) is 2.42. The first kappa shape index (κ1) is 12.4. The summed E-state index contributed by atoms with van der Waals surface area (Å²) in [5, 5.41) is 0. The Hall–Kier alpha value is -2.10. The first-order valence-corrected chi connectivity index (χ1v) is 5.68. The maximum absolute atomic E-state index is 5.29. The van der Waals surface area contributed by atoms with E-state index in [4.69, 9.17) is 9.47 Å². The van der Waals surface area contributed by atoms with Crippen molar-refractivity contribution in [1.29, 1.82) is 0 Å². The zero-order valence-electron chi connectivity index (χ0n) is 11.0. The van der Waals surface area contributed by atoms with Crippen LogP contribution in [0.25, 0.3) is 11.3 Å². The summed E-state index contributed by atoms with van der Waals surface area (Å²) in [5.41, 5.74) is 2.83. The van der Waals surface area contributed by atoms with Gasteiger partial charge in [0, 0.05) is 11.3 Å². The zero-order valence-corrected chi connectivity index (χ0v) is 11.0. The zero-order chi connectivity index (χ0) is 13.1. The summed E-state index contributed by atoms with van der Waals surface area (Å²) in [6, 6.07) is 7.71. The van der Waals surface area contributed by atoms with Crippen LogP contribution in [0, 0.1) is 13.8 Å². The molecule has 0 amide bonds. The van der Waals surface area contributed by atoms with Crippen molar-refractivity contribution in [3.63, 3.8) is 0 Å². The SMILES string of the molecule is COc1ccc(-c2cc(C)nc(C)n2)cc1OC. The van der Waals surface area contributed by atoms with E-state index in [1.54, 1.807) is 14.2 Å². The van der Waals surface area contributed by atoms with Crippen LogP contribution in [0.15, 0.2) is 24.3 Å². The van der Waals surface area contributed by atoms with Crippen LogP contribution in [-0.2, 0) is 0 Å². The van der Waals surface area contributed by atoms with Crippen LogP contribution in [-0.4, -0.2) is 24.2 Å². The van der Waals surface area contributed by atoms with Gasteiger partial charge in [-0.2, -0.15) is 0 Å². The lowest BCUT2D eigenvalue weighted by molar-refractivity contribution is 0.355. The molecule has 0 aliphatic rings. The normalized spacial score (nSPS) is 10.2. The van der Waals surface area contributed by atoms with Crippen LogP contribution in [0.5, 0.6) is 11.5 Å². The molecule has 0 atom stereocenters. The van der Waals surface area contributed by atoms with E-state index in [9.17, 15) is 0 Å². The Morgan fingerprint density at radius 2 is 1.61 bits per heavy atom. The summed E-state index contributed by atoms with van der Waals surface area (Å²) in [4.78, 5) is 8.70. The Morgan fingerprint density at radius 3 is 2.22 bits per heavy atom. The third-order valence-electron chi connectivity index (χ3n) is 2.65. The van der Waals surface area contributed by atoms with Crippen LogP contribution in [0.4, 0.5) is 0 Å². The molecule has 1 aromatic carbocycles. The van der Waals surface area contributed by atoms with Crippen molar-refractivity contribution in [1.82, 2.24) is 9.97 Å². The van der Waals surface area contributed by atoms with Gasteiger partial charge in [-0.15, -0.1) is 0 Å². The van der Waals surface area contributed by atoms with E-state index >= 15 is 0 Å². The van der Waals surface area contributed by atoms with Crippen LogP contribution in [0.1, 0.15) is 11.5 Å². The molecule has 18 heavy (non-hydrogen) atoms. The topological polar surface area (TPSA) is 44.2 Å². The molecular formula is C14H16N2O2. The minimum absolute atomic E-state index is 0.698. The molecule has 4 heteroatoms. The van der Waals surface area contributed by atoms with E-state index in [1.807, 2.05) is 38.1 Å². The van der Waals surface area contributed by atoms with E-state index in [0.29, 0.717) is 11.5 Å². The summed E-state index contributed by atoms with van der Waals surface area (Å²) in [5.74, 6) is 2.17. The standard InChI is InChI=1S/C14H16N2O2/c1-9-7-12(16-10(2)15-9)11-5-6-13(17-3)14(8-11)18-4/h5-8H,1-4H3. The average molecular weight is 244 g/mol. The fourth-order valence-electron chi connectivity index (χ4n) is 1.86. The smallest absolute Gasteiger partial charge is 0.161 e. The maximum Gasteiger partial charge on any atom is 0.161 e. The molecule has 0 N–H and O–H groups in total. The number of methoxy groups -OCH3 is 2. The monoisotopic (exact) mass is 244 g/mol. The van der Waals surface area contributed by atoms with Crippen LogP contribution in [0.2, 0.25) is 0 Å². The lowest BCUT2D eigenvalue weighted by Gasteiger charge is -2.09. The lowest BCUT2D eigenvalue weighted by Crippen LogP contribution is -1.95. The van der Waals surface area contributed by atoms with E-state index in [0.717, 1.165) is 22.8 Å². The van der Waals surface area contributed by atoms with Gasteiger partial charge in [0.2, 0.25) is 0 Å². The molecule has 0 fully saturated rings. The van der Waals surface area contributed by atoms with Gasteiger partial charge in [0.25, 0.3) is 0 Å². The van der Waals surface area contributed by atoms with Crippen molar-refractivity contribution >= 4 is 0 Å². The molecule has 1 aromatic heterocycles. The van der Waals surface area contributed by atoms with Crippen molar-refractivity contribution in [2.75, 3.05) is 14.2 Å². The Balaban J connectivity index is 2.50. The van der Waals surface area contributed by atoms with E-state index in [1.165, 1.54) is 0 Å². The fraction of sp³-hybridized carbons (Fsp3) is 0.286. The molecule has 0 bridgehead atoms. The van der Waals surface area contributed by atoms with Crippen molar-refractivity contribution in [2.24, 2.45) is 0 Å². The number of benzene rings is 1. The van der Waals surface area contributed by atoms with Gasteiger partial charge in [-0.05, 0) is 38.1 Å². The summed E-state index contributed by atoms with van der Waals surface area (Å²) >= 11 is 0. The summed E-state index contributed by atoms with van der Waals surface area (Å²) in [6.07, 6.45) is 0. The molecule has 0 unspecified atom stereocenters. The molecule has 0 saturated heterocycles. The number of hydrogen-bond acceptors (Lipinski definition) is 4. The van der Waals surface area contributed by atoms with Crippen LogP contribution in [0.3, 0.4) is 0 Å². The van der Waals surface area contributed by atoms with Gasteiger partial charge in [-0.1, -0.05) is 0 Å². The third-order valence-corrected chi connectivity index (χ3v) is 2.65. The predicted octanol–water partition coefficient (Wildman–Crippen LogP) is 2.78. The second kappa shape index (κ2) is 5.04. The van der Waals surface area contributed by atoms with Gasteiger partial charge in [0.15, 0.2) is 11.5 Å². The van der Waals surface area contributed by atoms with Crippen molar-refractivity contribution < 1.29 is 9.47 Å². The minimum Gasteiger partial charge on any atom is -0.493 e. The number of hydrogen-bond donors (Lipinski definition) is 0. The number of nitrogens with zero attached hydrogens (tertiary/aromatic N) is 2. The van der Waals surface area contributed by atoms with Crippen molar-refractivity contribution in [3.05, 3.63) is 35.8 Å². The second-order valence-electron chi connectivity index (χ2n) is 4.01. The molecule has 0 spiro atoms. The van der Waals surface area contributed by atoms with E-state index in [2.05, 4.69) is 9.97 Å². The van der Waals surface area contributed by atoms with Crippen molar-refractivity contribution in [3.8, 4) is 22.8 Å². The summed E-state index contributed by atoms with van der Waals surface area (Å²) in [7, 11) is 3.24. The van der Waals surface area contributed by atoms with Gasteiger partial charge in [-0.25, -0.2) is 9.97 Å². The van der Waals surface area contributed by atoms with Gasteiger partial charge in [0.05, 0.1) is 19.9 Å².